The molecule has 2 aromatic rings. The Bertz CT molecular complexity index is 494. The number of rotatable bonds is 1. The molecule has 1 aromatic heterocycles. The molecule has 0 amide bonds. The molecule has 0 atom stereocenters. The van der Waals surface area contributed by atoms with Crippen LogP contribution < -0.4 is 5.69 Å². The van der Waals surface area contributed by atoms with Crippen LogP contribution in [0.15, 0.2) is 29.1 Å². The molecule has 0 saturated heterocycles. The van der Waals surface area contributed by atoms with Crippen LogP contribution in [0, 0.1) is 6.92 Å². The lowest BCUT2D eigenvalue weighted by molar-refractivity contribution is 0.475. The summed E-state index contributed by atoms with van der Waals surface area (Å²) in [7, 11) is 0. The van der Waals surface area contributed by atoms with E-state index in [0.29, 0.717) is 0 Å². The highest BCUT2D eigenvalue weighted by atomic mass is 16.3. The summed E-state index contributed by atoms with van der Waals surface area (Å²) in [6, 6.07) is 6.67. The third-order valence-electron chi connectivity index (χ3n) is 2.07. The van der Waals surface area contributed by atoms with Crippen LogP contribution in [0.5, 0.6) is 5.75 Å². The summed E-state index contributed by atoms with van der Waals surface area (Å²) in [6.07, 6.45) is 0. The second-order valence-electron chi connectivity index (χ2n) is 3.13. The Hall–Kier alpha value is -1.97. The number of phenols is 1. The predicted octanol–water partition coefficient (Wildman–Crippen LogP) is 1.38. The van der Waals surface area contributed by atoms with Gasteiger partial charge in [0.15, 0.2) is 0 Å². The number of hydrogen-bond acceptors (Lipinski definition) is 2. The van der Waals surface area contributed by atoms with Gasteiger partial charge in [-0.2, -0.15) is 0 Å². The van der Waals surface area contributed by atoms with Gasteiger partial charge < -0.3 is 15.1 Å². The molecule has 1 aromatic carbocycles. The van der Waals surface area contributed by atoms with Crippen molar-refractivity contribution < 1.29 is 5.11 Å². The van der Waals surface area contributed by atoms with Crippen LogP contribution in [0.1, 0.15) is 5.69 Å². The molecule has 1 heterocycles. The number of aromatic hydroxyl groups is 1. The molecule has 4 heteroatoms. The van der Waals surface area contributed by atoms with Gasteiger partial charge in [0.25, 0.3) is 0 Å². The van der Waals surface area contributed by atoms with Crippen LogP contribution in [0.3, 0.4) is 0 Å². The van der Waals surface area contributed by atoms with E-state index in [1.165, 1.54) is 0 Å². The number of H-pyrrole nitrogens is 2. The fourth-order valence-corrected chi connectivity index (χ4v) is 1.39. The number of aryl methyl sites for hydroxylation is 1. The molecular formula is C10H10N2O2. The number of hydrogen-bond donors (Lipinski definition) is 3. The van der Waals surface area contributed by atoms with Crippen LogP contribution in [-0.2, 0) is 0 Å². The molecule has 0 fully saturated rings. The Morgan fingerprint density at radius 2 is 1.79 bits per heavy atom. The van der Waals surface area contributed by atoms with Crippen molar-refractivity contribution in [2.45, 2.75) is 6.92 Å². The van der Waals surface area contributed by atoms with Crippen molar-refractivity contribution in [2.24, 2.45) is 0 Å². The van der Waals surface area contributed by atoms with Gasteiger partial charge in [-0.1, -0.05) is 0 Å². The lowest BCUT2D eigenvalue weighted by atomic mass is 10.1. The average molecular weight is 190 g/mol. The van der Waals surface area contributed by atoms with Gasteiger partial charge in [0.2, 0.25) is 0 Å². The molecule has 0 saturated carbocycles. The Balaban J connectivity index is 2.54. The molecule has 0 spiro atoms. The lowest BCUT2D eigenvalue weighted by Gasteiger charge is -1.98. The van der Waals surface area contributed by atoms with E-state index in [-0.39, 0.29) is 11.4 Å². The van der Waals surface area contributed by atoms with Crippen LogP contribution >= 0.6 is 0 Å². The van der Waals surface area contributed by atoms with Gasteiger partial charge in [0, 0.05) is 11.3 Å². The predicted molar refractivity (Wildman–Crippen MR) is 53.3 cm³/mol. The van der Waals surface area contributed by atoms with Crippen LogP contribution in [-0.4, -0.2) is 15.1 Å². The molecule has 0 aliphatic heterocycles. The van der Waals surface area contributed by atoms with E-state index in [0.717, 1.165) is 17.0 Å². The highest BCUT2D eigenvalue weighted by Gasteiger charge is 2.04. The van der Waals surface area contributed by atoms with Crippen molar-refractivity contribution in [3.05, 3.63) is 40.4 Å². The first-order valence-corrected chi connectivity index (χ1v) is 4.25. The molecule has 0 bridgehead atoms. The molecule has 0 aliphatic rings. The monoisotopic (exact) mass is 190 g/mol. The molecule has 14 heavy (non-hydrogen) atoms. The van der Waals surface area contributed by atoms with E-state index in [9.17, 15) is 4.79 Å². The smallest absolute Gasteiger partial charge is 0.323 e. The van der Waals surface area contributed by atoms with Crippen molar-refractivity contribution in [3.63, 3.8) is 0 Å². The van der Waals surface area contributed by atoms with E-state index in [1.54, 1.807) is 24.3 Å². The van der Waals surface area contributed by atoms with Crippen molar-refractivity contribution in [3.8, 4) is 17.0 Å². The van der Waals surface area contributed by atoms with Gasteiger partial charge in [-0.3, -0.25) is 0 Å². The number of aromatic amines is 2. The summed E-state index contributed by atoms with van der Waals surface area (Å²) in [6.45, 7) is 1.82. The van der Waals surface area contributed by atoms with Crippen molar-refractivity contribution in [1.82, 2.24) is 9.97 Å². The van der Waals surface area contributed by atoms with Gasteiger partial charge in [0.05, 0.1) is 5.69 Å². The molecule has 4 nitrogen and oxygen atoms in total. The highest BCUT2D eigenvalue weighted by molar-refractivity contribution is 5.62. The van der Waals surface area contributed by atoms with Crippen LogP contribution in [0.4, 0.5) is 0 Å². The molecular weight excluding hydrogens is 180 g/mol. The minimum atomic E-state index is -0.217. The summed E-state index contributed by atoms with van der Waals surface area (Å²) < 4.78 is 0. The second-order valence-corrected chi connectivity index (χ2v) is 3.13. The zero-order chi connectivity index (χ0) is 10.1. The fraction of sp³-hybridized carbons (Fsp3) is 0.100. The van der Waals surface area contributed by atoms with Gasteiger partial charge in [-0.15, -0.1) is 0 Å². The van der Waals surface area contributed by atoms with Crippen molar-refractivity contribution >= 4 is 0 Å². The summed E-state index contributed by atoms with van der Waals surface area (Å²) >= 11 is 0. The Morgan fingerprint density at radius 1 is 1.14 bits per heavy atom. The minimum absolute atomic E-state index is 0.212. The van der Waals surface area contributed by atoms with E-state index in [4.69, 9.17) is 5.11 Å². The van der Waals surface area contributed by atoms with E-state index >= 15 is 0 Å². The van der Waals surface area contributed by atoms with E-state index in [1.807, 2.05) is 6.92 Å². The molecule has 2 rings (SSSR count). The summed E-state index contributed by atoms with van der Waals surface area (Å²) in [4.78, 5) is 16.3. The normalized spacial score (nSPS) is 10.4. The highest BCUT2D eigenvalue weighted by Crippen LogP contribution is 2.20. The quantitative estimate of drug-likeness (QED) is 0.635. The van der Waals surface area contributed by atoms with E-state index < -0.39 is 0 Å². The van der Waals surface area contributed by atoms with Crippen LogP contribution in [0.25, 0.3) is 11.3 Å². The third-order valence-corrected chi connectivity index (χ3v) is 2.07. The minimum Gasteiger partial charge on any atom is -0.508 e. The SMILES string of the molecule is Cc1[nH]c(=O)[nH]c1-c1ccc(O)cc1. The third kappa shape index (κ3) is 1.42. The number of benzene rings is 1. The van der Waals surface area contributed by atoms with Gasteiger partial charge in [-0.25, -0.2) is 4.79 Å². The first kappa shape index (κ1) is 8.62. The Morgan fingerprint density at radius 3 is 2.29 bits per heavy atom. The maximum absolute atomic E-state index is 11.0. The van der Waals surface area contributed by atoms with Gasteiger partial charge in [0.1, 0.15) is 5.75 Å². The first-order chi connectivity index (χ1) is 6.66. The lowest BCUT2D eigenvalue weighted by Crippen LogP contribution is -2.00. The molecule has 0 aliphatic carbocycles. The van der Waals surface area contributed by atoms with Gasteiger partial charge >= 0.3 is 5.69 Å². The van der Waals surface area contributed by atoms with Crippen LogP contribution in [0.2, 0.25) is 0 Å². The summed E-state index contributed by atoms with van der Waals surface area (Å²) in [5, 5.41) is 9.10. The standard InChI is InChI=1S/C10H10N2O2/c1-6-9(12-10(14)11-6)7-2-4-8(13)5-3-7/h2-5,13H,1H3,(H2,11,12,14). The van der Waals surface area contributed by atoms with Crippen molar-refractivity contribution in [2.75, 3.05) is 0 Å². The zero-order valence-corrected chi connectivity index (χ0v) is 7.66. The number of phenolic OH excluding ortho intramolecular Hbond substituents is 1. The largest absolute Gasteiger partial charge is 0.508 e. The molecule has 0 radical (unpaired) electrons. The summed E-state index contributed by atoms with van der Waals surface area (Å²) in [5.41, 5.74) is 2.21. The van der Waals surface area contributed by atoms with Crippen molar-refractivity contribution in [1.29, 1.82) is 0 Å². The number of aromatic nitrogens is 2. The zero-order valence-electron chi connectivity index (χ0n) is 7.66. The summed E-state index contributed by atoms with van der Waals surface area (Å²) in [5.74, 6) is 0.212. The molecule has 0 unspecified atom stereocenters. The maximum Gasteiger partial charge on any atom is 0.323 e. The Labute approximate surface area is 80.2 Å². The first-order valence-electron chi connectivity index (χ1n) is 4.25. The average Bonchev–Trinajstić information content (AvgIpc) is 2.47. The number of imidazole rings is 1. The fourth-order valence-electron chi connectivity index (χ4n) is 1.39. The second kappa shape index (κ2) is 3.06. The molecule has 3 N–H and O–H groups in total. The number of nitrogens with one attached hydrogen (secondary N) is 2. The Kier molecular flexibility index (Phi) is 1.89. The van der Waals surface area contributed by atoms with E-state index in [2.05, 4.69) is 9.97 Å². The maximum atomic E-state index is 11.0. The molecule has 72 valence electrons. The topological polar surface area (TPSA) is 68.9 Å². The van der Waals surface area contributed by atoms with Gasteiger partial charge in [-0.05, 0) is 31.2 Å².